The van der Waals surface area contributed by atoms with Gasteiger partial charge in [0.15, 0.2) is 0 Å². The van der Waals surface area contributed by atoms with Crippen LogP contribution in [0, 0.1) is 0 Å². The van der Waals surface area contributed by atoms with Gasteiger partial charge in [-0.15, -0.1) is 0 Å². The van der Waals surface area contributed by atoms with Crippen molar-refractivity contribution in [1.29, 1.82) is 0 Å². The Kier molecular flexibility index (Phi) is 5.37. The Labute approximate surface area is 107 Å². The van der Waals surface area contributed by atoms with E-state index in [0.29, 0.717) is 18.5 Å². The highest BCUT2D eigenvalue weighted by Crippen LogP contribution is 1.97. The van der Waals surface area contributed by atoms with Gasteiger partial charge in [-0.2, -0.15) is 0 Å². The molecule has 0 saturated heterocycles. The number of amides is 2. The number of hydrogen-bond acceptors (Lipinski definition) is 4. The molecule has 0 aliphatic carbocycles. The number of carboxylic acids is 1. The number of thiazole rings is 1. The summed E-state index contributed by atoms with van der Waals surface area (Å²) < 4.78 is 0. The van der Waals surface area contributed by atoms with Crippen molar-refractivity contribution in [2.75, 3.05) is 0 Å². The molecular formula is C10H15N3O4S. The van der Waals surface area contributed by atoms with Crippen LogP contribution in [0.2, 0.25) is 0 Å². The van der Waals surface area contributed by atoms with Crippen LogP contribution in [0.5, 0.6) is 0 Å². The second-order valence-corrected chi connectivity index (χ2v) is 4.52. The lowest BCUT2D eigenvalue weighted by Crippen LogP contribution is -2.45. The van der Waals surface area contributed by atoms with E-state index < -0.39 is 18.0 Å². The van der Waals surface area contributed by atoms with Crippen LogP contribution in [0.1, 0.15) is 25.5 Å². The van der Waals surface area contributed by atoms with E-state index in [0.717, 1.165) is 11.3 Å². The topological polar surface area (TPSA) is 111 Å². The quantitative estimate of drug-likeness (QED) is 0.604. The standard InChI is InChI=1S/C10H15N3O4S/c1-2-3-7(8(14)15)13-9(16)11-4-6-5-18-10(17)12-6/h5,7H,2-4H2,1H3,(H,12,17)(H,14,15)(H2,11,13,16). The molecular weight excluding hydrogens is 258 g/mol. The van der Waals surface area contributed by atoms with Crippen LogP contribution in [0.3, 0.4) is 0 Å². The number of aliphatic carboxylic acids is 1. The van der Waals surface area contributed by atoms with Crippen LogP contribution in [0.15, 0.2) is 10.2 Å². The fourth-order valence-electron chi connectivity index (χ4n) is 1.33. The number of rotatable bonds is 6. The van der Waals surface area contributed by atoms with Gasteiger partial charge in [0.1, 0.15) is 6.04 Å². The Balaban J connectivity index is 2.40. The molecule has 8 heteroatoms. The Hall–Kier alpha value is -1.83. The van der Waals surface area contributed by atoms with Gasteiger partial charge in [-0.05, 0) is 6.42 Å². The van der Waals surface area contributed by atoms with Crippen molar-refractivity contribution in [2.45, 2.75) is 32.4 Å². The molecule has 0 fully saturated rings. The summed E-state index contributed by atoms with van der Waals surface area (Å²) in [6.07, 6.45) is 1.03. The summed E-state index contributed by atoms with van der Waals surface area (Å²) in [5.41, 5.74) is 0.586. The van der Waals surface area contributed by atoms with E-state index in [-0.39, 0.29) is 11.4 Å². The van der Waals surface area contributed by atoms with E-state index in [1.165, 1.54) is 0 Å². The molecule has 18 heavy (non-hydrogen) atoms. The Morgan fingerprint density at radius 1 is 1.56 bits per heavy atom. The van der Waals surface area contributed by atoms with Crippen molar-refractivity contribution in [3.63, 3.8) is 0 Å². The van der Waals surface area contributed by atoms with Gasteiger partial charge in [-0.1, -0.05) is 24.7 Å². The van der Waals surface area contributed by atoms with Crippen LogP contribution in [-0.2, 0) is 11.3 Å². The summed E-state index contributed by atoms with van der Waals surface area (Å²) in [5, 5.41) is 15.3. The second kappa shape index (κ2) is 6.80. The van der Waals surface area contributed by atoms with E-state index in [9.17, 15) is 14.4 Å². The zero-order valence-electron chi connectivity index (χ0n) is 9.86. The third kappa shape index (κ3) is 4.58. The average molecular weight is 273 g/mol. The molecule has 1 heterocycles. The minimum atomic E-state index is -1.06. The number of aromatic amines is 1. The van der Waals surface area contributed by atoms with Crippen LogP contribution < -0.4 is 15.5 Å². The van der Waals surface area contributed by atoms with Gasteiger partial charge in [-0.3, -0.25) is 4.79 Å². The number of carbonyl (C=O) groups is 2. The molecule has 0 spiro atoms. The number of nitrogens with one attached hydrogen (secondary N) is 3. The molecule has 100 valence electrons. The Morgan fingerprint density at radius 3 is 2.78 bits per heavy atom. The summed E-state index contributed by atoms with van der Waals surface area (Å²) in [7, 11) is 0. The SMILES string of the molecule is CCCC(NC(=O)NCc1csc(=O)[nH]1)C(=O)O. The molecule has 2 amide bonds. The molecule has 1 atom stereocenters. The van der Waals surface area contributed by atoms with Gasteiger partial charge >= 0.3 is 16.9 Å². The van der Waals surface area contributed by atoms with E-state index in [2.05, 4.69) is 15.6 Å². The summed E-state index contributed by atoms with van der Waals surface area (Å²) in [5.74, 6) is -1.06. The average Bonchev–Trinajstić information content (AvgIpc) is 2.72. The Bertz CT molecular complexity index is 468. The van der Waals surface area contributed by atoms with Crippen molar-refractivity contribution in [3.8, 4) is 0 Å². The number of hydrogen-bond donors (Lipinski definition) is 4. The minimum absolute atomic E-state index is 0.156. The molecule has 0 aliphatic rings. The molecule has 1 rings (SSSR count). The van der Waals surface area contributed by atoms with Crippen LogP contribution in [0.25, 0.3) is 0 Å². The monoisotopic (exact) mass is 273 g/mol. The zero-order chi connectivity index (χ0) is 13.5. The molecule has 1 aromatic heterocycles. The zero-order valence-corrected chi connectivity index (χ0v) is 10.7. The lowest BCUT2D eigenvalue weighted by Gasteiger charge is -2.13. The first-order valence-electron chi connectivity index (χ1n) is 5.46. The third-order valence-electron chi connectivity index (χ3n) is 2.19. The predicted octanol–water partition coefficient (Wildman–Crippen LogP) is 0.489. The minimum Gasteiger partial charge on any atom is -0.480 e. The summed E-state index contributed by atoms with van der Waals surface area (Å²) >= 11 is 1.01. The van der Waals surface area contributed by atoms with Crippen LogP contribution in [0.4, 0.5) is 4.79 Å². The largest absolute Gasteiger partial charge is 0.480 e. The smallest absolute Gasteiger partial charge is 0.326 e. The normalized spacial score (nSPS) is 11.8. The van der Waals surface area contributed by atoms with Gasteiger partial charge in [0, 0.05) is 11.1 Å². The maximum Gasteiger partial charge on any atom is 0.326 e. The predicted molar refractivity (Wildman–Crippen MR) is 66.6 cm³/mol. The first kappa shape index (κ1) is 14.2. The highest BCUT2D eigenvalue weighted by Gasteiger charge is 2.18. The van der Waals surface area contributed by atoms with E-state index in [1.54, 1.807) is 5.38 Å². The molecule has 0 bridgehead atoms. The lowest BCUT2D eigenvalue weighted by atomic mass is 10.2. The van der Waals surface area contributed by atoms with E-state index in [4.69, 9.17) is 5.11 Å². The van der Waals surface area contributed by atoms with Gasteiger partial charge < -0.3 is 20.7 Å². The molecule has 1 aromatic rings. The summed E-state index contributed by atoms with van der Waals surface area (Å²) in [6, 6.07) is -1.46. The highest BCUT2D eigenvalue weighted by atomic mass is 32.1. The van der Waals surface area contributed by atoms with Gasteiger partial charge in [0.05, 0.1) is 6.54 Å². The second-order valence-electron chi connectivity index (χ2n) is 3.68. The highest BCUT2D eigenvalue weighted by molar-refractivity contribution is 7.07. The maximum atomic E-state index is 11.4. The number of carboxylic acid groups (broad SMARTS) is 1. The lowest BCUT2D eigenvalue weighted by molar-refractivity contribution is -0.139. The molecule has 0 saturated carbocycles. The van der Waals surface area contributed by atoms with Gasteiger partial charge in [0.25, 0.3) is 0 Å². The van der Waals surface area contributed by atoms with Crippen molar-refractivity contribution < 1.29 is 14.7 Å². The fourth-order valence-corrected chi connectivity index (χ4v) is 1.91. The number of aromatic nitrogens is 1. The molecule has 0 aliphatic heterocycles. The first-order chi connectivity index (χ1) is 8.52. The van der Waals surface area contributed by atoms with Crippen molar-refractivity contribution >= 4 is 23.3 Å². The first-order valence-corrected chi connectivity index (χ1v) is 6.34. The van der Waals surface area contributed by atoms with Gasteiger partial charge in [-0.25, -0.2) is 9.59 Å². The molecule has 7 nitrogen and oxygen atoms in total. The molecule has 4 N–H and O–H groups in total. The molecule has 0 aromatic carbocycles. The fraction of sp³-hybridized carbons (Fsp3) is 0.500. The molecule has 0 radical (unpaired) electrons. The Morgan fingerprint density at radius 2 is 2.28 bits per heavy atom. The summed E-state index contributed by atoms with van der Waals surface area (Å²) in [4.78, 5) is 35.4. The van der Waals surface area contributed by atoms with Crippen LogP contribution >= 0.6 is 11.3 Å². The van der Waals surface area contributed by atoms with E-state index in [1.807, 2.05) is 6.92 Å². The third-order valence-corrected chi connectivity index (χ3v) is 2.91. The summed E-state index contributed by atoms with van der Waals surface area (Å²) in [6.45, 7) is 1.99. The van der Waals surface area contributed by atoms with E-state index >= 15 is 0 Å². The number of H-pyrrole nitrogens is 1. The van der Waals surface area contributed by atoms with Crippen molar-refractivity contribution in [2.24, 2.45) is 0 Å². The van der Waals surface area contributed by atoms with Crippen LogP contribution in [-0.4, -0.2) is 28.1 Å². The van der Waals surface area contributed by atoms with Crippen molar-refractivity contribution in [1.82, 2.24) is 15.6 Å². The maximum absolute atomic E-state index is 11.4. The number of urea groups is 1. The molecule has 1 unspecified atom stereocenters. The van der Waals surface area contributed by atoms with Crippen molar-refractivity contribution in [3.05, 3.63) is 20.7 Å². The number of carbonyl (C=O) groups excluding carboxylic acids is 1. The van der Waals surface area contributed by atoms with Gasteiger partial charge in [0.2, 0.25) is 0 Å².